The van der Waals surface area contributed by atoms with E-state index >= 15 is 0 Å². The second-order valence-corrected chi connectivity index (χ2v) is 4.81. The first-order chi connectivity index (χ1) is 6.77. The summed E-state index contributed by atoms with van der Waals surface area (Å²) in [5, 5.41) is 0. The van der Waals surface area contributed by atoms with Crippen molar-refractivity contribution in [3.8, 4) is 0 Å². The molecule has 0 N–H and O–H groups in total. The van der Waals surface area contributed by atoms with E-state index in [4.69, 9.17) is 4.74 Å². The van der Waals surface area contributed by atoms with Gasteiger partial charge in [-0.05, 0) is 37.0 Å². The molecule has 4 unspecified atom stereocenters. The van der Waals surface area contributed by atoms with Crippen molar-refractivity contribution in [1.29, 1.82) is 0 Å². The third-order valence-electron chi connectivity index (χ3n) is 4.48. The predicted octanol–water partition coefficient (Wildman–Crippen LogP) is 3.40. The Morgan fingerprint density at radius 1 is 1.36 bits per heavy atom. The van der Waals surface area contributed by atoms with E-state index in [0.717, 1.165) is 17.8 Å². The molecule has 0 saturated heterocycles. The highest BCUT2D eigenvalue weighted by molar-refractivity contribution is 5.18. The van der Waals surface area contributed by atoms with Gasteiger partial charge in [-0.2, -0.15) is 0 Å². The van der Waals surface area contributed by atoms with Gasteiger partial charge in [-0.1, -0.05) is 32.4 Å². The maximum atomic E-state index is 5.81. The third-order valence-corrected chi connectivity index (χ3v) is 4.48. The maximum absolute atomic E-state index is 5.81. The predicted molar refractivity (Wildman–Crippen MR) is 59.2 cm³/mol. The molecule has 80 valence electrons. The Hall–Kier alpha value is -0.300. The smallest absolute Gasteiger partial charge is 0.0889 e. The SMILES string of the molecule is CCC1C2C=CC(OC)(CC2)C1CC. The van der Waals surface area contributed by atoms with Gasteiger partial charge in [-0.3, -0.25) is 0 Å². The number of allylic oxidation sites excluding steroid dienone is 1. The summed E-state index contributed by atoms with van der Waals surface area (Å²) in [6, 6.07) is 0. The number of ether oxygens (including phenoxy) is 1. The van der Waals surface area contributed by atoms with Gasteiger partial charge in [-0.15, -0.1) is 0 Å². The Balaban J connectivity index is 2.31. The first kappa shape index (κ1) is 10.2. The van der Waals surface area contributed by atoms with Gasteiger partial charge in [0.05, 0.1) is 5.60 Å². The number of fused-ring (bicyclic) bond motifs is 2. The lowest BCUT2D eigenvalue weighted by atomic mass is 9.58. The highest BCUT2D eigenvalue weighted by Gasteiger charge is 2.48. The fourth-order valence-corrected chi connectivity index (χ4v) is 3.74. The molecule has 1 fully saturated rings. The normalized spacial score (nSPS) is 45.8. The van der Waals surface area contributed by atoms with Crippen LogP contribution in [0.1, 0.15) is 39.5 Å². The minimum Gasteiger partial charge on any atom is -0.374 e. The van der Waals surface area contributed by atoms with Crippen LogP contribution >= 0.6 is 0 Å². The molecule has 1 heteroatoms. The van der Waals surface area contributed by atoms with E-state index in [1.807, 2.05) is 7.11 Å². The number of rotatable bonds is 3. The van der Waals surface area contributed by atoms with Crippen LogP contribution in [0.2, 0.25) is 0 Å². The van der Waals surface area contributed by atoms with Crippen LogP contribution in [0.5, 0.6) is 0 Å². The standard InChI is InChI=1S/C13H22O/c1-4-11-10-6-8-13(14-3,9-7-10)12(11)5-2/h6,8,10-12H,4-5,7,9H2,1-3H3. The van der Waals surface area contributed by atoms with E-state index in [2.05, 4.69) is 26.0 Å². The summed E-state index contributed by atoms with van der Waals surface area (Å²) >= 11 is 0. The molecule has 3 aliphatic rings. The lowest BCUT2D eigenvalue weighted by Gasteiger charge is -2.52. The minimum absolute atomic E-state index is 0.0875. The molecule has 0 aliphatic heterocycles. The van der Waals surface area contributed by atoms with Crippen molar-refractivity contribution in [3.05, 3.63) is 12.2 Å². The van der Waals surface area contributed by atoms with Crippen molar-refractivity contribution < 1.29 is 4.74 Å². The Morgan fingerprint density at radius 3 is 2.57 bits per heavy atom. The van der Waals surface area contributed by atoms with Crippen molar-refractivity contribution in [2.45, 2.75) is 45.1 Å². The zero-order valence-electron chi connectivity index (χ0n) is 9.62. The van der Waals surface area contributed by atoms with Gasteiger partial charge in [0.2, 0.25) is 0 Å². The minimum atomic E-state index is 0.0875. The fourth-order valence-electron chi connectivity index (χ4n) is 3.74. The molecule has 1 nitrogen and oxygen atoms in total. The molecule has 4 atom stereocenters. The summed E-state index contributed by atoms with van der Waals surface area (Å²) in [6.45, 7) is 4.63. The van der Waals surface area contributed by atoms with Crippen LogP contribution in [0.25, 0.3) is 0 Å². The Kier molecular flexibility index (Phi) is 2.70. The van der Waals surface area contributed by atoms with Gasteiger partial charge >= 0.3 is 0 Å². The largest absolute Gasteiger partial charge is 0.374 e. The highest BCUT2D eigenvalue weighted by Crippen LogP contribution is 2.51. The summed E-state index contributed by atoms with van der Waals surface area (Å²) < 4.78 is 5.81. The summed E-state index contributed by atoms with van der Waals surface area (Å²) in [5.74, 6) is 2.45. The molecule has 0 aromatic heterocycles. The summed E-state index contributed by atoms with van der Waals surface area (Å²) in [5.41, 5.74) is 0.0875. The van der Waals surface area contributed by atoms with Gasteiger partial charge in [0.25, 0.3) is 0 Å². The summed E-state index contributed by atoms with van der Waals surface area (Å²) in [6.07, 6.45) is 9.89. The van der Waals surface area contributed by atoms with Crippen molar-refractivity contribution in [3.63, 3.8) is 0 Å². The van der Waals surface area contributed by atoms with Crippen LogP contribution in [-0.2, 0) is 4.74 Å². The topological polar surface area (TPSA) is 9.23 Å². The zero-order valence-corrected chi connectivity index (χ0v) is 9.62. The summed E-state index contributed by atoms with van der Waals surface area (Å²) in [4.78, 5) is 0. The molecule has 1 saturated carbocycles. The number of methoxy groups -OCH3 is 1. The average Bonchev–Trinajstić information content (AvgIpc) is 2.28. The molecule has 3 aliphatic carbocycles. The molecule has 0 heterocycles. The monoisotopic (exact) mass is 194 g/mol. The molecule has 0 amide bonds. The van der Waals surface area contributed by atoms with E-state index < -0.39 is 0 Å². The Labute approximate surface area is 87.5 Å². The lowest BCUT2D eigenvalue weighted by Crippen LogP contribution is -2.50. The van der Waals surface area contributed by atoms with E-state index in [1.165, 1.54) is 25.7 Å². The number of hydrogen-bond acceptors (Lipinski definition) is 1. The molecule has 2 bridgehead atoms. The molecule has 0 spiro atoms. The summed E-state index contributed by atoms with van der Waals surface area (Å²) in [7, 11) is 1.88. The van der Waals surface area contributed by atoms with Crippen molar-refractivity contribution in [1.82, 2.24) is 0 Å². The van der Waals surface area contributed by atoms with Gasteiger partial charge in [-0.25, -0.2) is 0 Å². The molecule has 3 rings (SSSR count). The quantitative estimate of drug-likeness (QED) is 0.626. The van der Waals surface area contributed by atoms with Crippen LogP contribution in [0.15, 0.2) is 12.2 Å². The van der Waals surface area contributed by atoms with Gasteiger partial charge < -0.3 is 4.74 Å². The molecule has 0 radical (unpaired) electrons. The van der Waals surface area contributed by atoms with E-state index in [1.54, 1.807) is 0 Å². The van der Waals surface area contributed by atoms with Crippen LogP contribution in [0.4, 0.5) is 0 Å². The molecular weight excluding hydrogens is 172 g/mol. The Bertz CT molecular complexity index is 233. The van der Waals surface area contributed by atoms with Crippen LogP contribution in [-0.4, -0.2) is 12.7 Å². The molecule has 0 aromatic rings. The van der Waals surface area contributed by atoms with Crippen molar-refractivity contribution in [2.24, 2.45) is 17.8 Å². The first-order valence-electron chi connectivity index (χ1n) is 6.02. The fraction of sp³-hybridized carbons (Fsp3) is 0.846. The van der Waals surface area contributed by atoms with Crippen LogP contribution in [0.3, 0.4) is 0 Å². The molecular formula is C13H22O. The molecule has 0 aromatic carbocycles. The van der Waals surface area contributed by atoms with E-state index in [9.17, 15) is 0 Å². The third kappa shape index (κ3) is 1.25. The first-order valence-corrected chi connectivity index (χ1v) is 6.02. The van der Waals surface area contributed by atoms with E-state index in [-0.39, 0.29) is 5.60 Å². The average molecular weight is 194 g/mol. The van der Waals surface area contributed by atoms with Crippen molar-refractivity contribution >= 4 is 0 Å². The highest BCUT2D eigenvalue weighted by atomic mass is 16.5. The second-order valence-electron chi connectivity index (χ2n) is 4.81. The van der Waals surface area contributed by atoms with Crippen LogP contribution < -0.4 is 0 Å². The van der Waals surface area contributed by atoms with Gasteiger partial charge in [0.15, 0.2) is 0 Å². The second kappa shape index (κ2) is 3.69. The number of hydrogen-bond donors (Lipinski definition) is 0. The lowest BCUT2D eigenvalue weighted by molar-refractivity contribution is -0.0919. The van der Waals surface area contributed by atoms with Crippen molar-refractivity contribution in [2.75, 3.05) is 7.11 Å². The van der Waals surface area contributed by atoms with E-state index in [0.29, 0.717) is 0 Å². The van der Waals surface area contributed by atoms with Gasteiger partial charge in [0, 0.05) is 7.11 Å². The Morgan fingerprint density at radius 2 is 2.14 bits per heavy atom. The van der Waals surface area contributed by atoms with Crippen LogP contribution in [0, 0.1) is 17.8 Å². The molecule has 14 heavy (non-hydrogen) atoms. The zero-order chi connectivity index (χ0) is 10.2. The maximum Gasteiger partial charge on any atom is 0.0889 e. The van der Waals surface area contributed by atoms with Gasteiger partial charge in [0.1, 0.15) is 0 Å².